The minimum Gasteiger partial charge on any atom is -0.350 e. The Labute approximate surface area is 141 Å². The smallest absolute Gasteiger partial charge is 0.252 e. The number of hydrogen-bond donors (Lipinski definition) is 1. The number of halogens is 2. The maximum atomic E-state index is 12.2. The molecular weight excluding hydrogens is 352 g/mol. The highest BCUT2D eigenvalue weighted by Crippen LogP contribution is 2.21. The Morgan fingerprint density at radius 1 is 1.38 bits per heavy atom. The Kier molecular flexibility index (Phi) is 8.30. The lowest BCUT2D eigenvalue weighted by Crippen LogP contribution is -2.33. The van der Waals surface area contributed by atoms with Crippen LogP contribution in [-0.4, -0.2) is 36.5 Å². The van der Waals surface area contributed by atoms with Crippen LogP contribution in [0.2, 0.25) is 5.02 Å². The van der Waals surface area contributed by atoms with E-state index in [0.29, 0.717) is 10.6 Å². The fourth-order valence-electron chi connectivity index (χ4n) is 2.21. The van der Waals surface area contributed by atoms with E-state index in [0.717, 1.165) is 36.9 Å². The molecule has 118 valence electrons. The minimum absolute atomic E-state index is 0.0612. The molecule has 0 saturated heterocycles. The van der Waals surface area contributed by atoms with Gasteiger partial charge in [0.05, 0.1) is 5.56 Å². The molecule has 0 radical (unpaired) electrons. The van der Waals surface area contributed by atoms with Crippen molar-refractivity contribution in [1.29, 1.82) is 0 Å². The molecule has 1 rings (SSSR count). The van der Waals surface area contributed by atoms with Crippen molar-refractivity contribution in [3.8, 4) is 0 Å². The monoisotopic (exact) mass is 374 g/mol. The number of carbonyl (C=O) groups is 1. The quantitative estimate of drug-likeness (QED) is 0.733. The molecule has 1 N–H and O–H groups in total. The Morgan fingerprint density at radius 3 is 2.62 bits per heavy atom. The second kappa shape index (κ2) is 9.44. The van der Waals surface area contributed by atoms with Gasteiger partial charge in [-0.1, -0.05) is 25.4 Å². The summed E-state index contributed by atoms with van der Waals surface area (Å²) in [6, 6.07) is 5.37. The van der Waals surface area contributed by atoms with Gasteiger partial charge in [-0.2, -0.15) is 0 Å². The molecule has 0 aliphatic rings. The minimum atomic E-state index is -0.0612. The topological polar surface area (TPSA) is 32.3 Å². The van der Waals surface area contributed by atoms with Crippen molar-refractivity contribution in [1.82, 2.24) is 10.2 Å². The van der Waals surface area contributed by atoms with E-state index < -0.39 is 0 Å². The van der Waals surface area contributed by atoms with Gasteiger partial charge in [0, 0.05) is 15.5 Å². The van der Waals surface area contributed by atoms with Crippen molar-refractivity contribution in [2.45, 2.75) is 39.7 Å². The number of carbonyl (C=O) groups excluding carboxylic acids is 1. The molecule has 0 aliphatic carbocycles. The number of benzene rings is 1. The van der Waals surface area contributed by atoms with Gasteiger partial charge in [0.1, 0.15) is 0 Å². The summed E-state index contributed by atoms with van der Waals surface area (Å²) in [4.78, 5) is 14.6. The van der Waals surface area contributed by atoms with Crippen molar-refractivity contribution in [3.63, 3.8) is 0 Å². The van der Waals surface area contributed by atoms with Crippen molar-refractivity contribution >= 4 is 33.4 Å². The van der Waals surface area contributed by atoms with Crippen LogP contribution in [0, 0.1) is 0 Å². The van der Waals surface area contributed by atoms with Crippen molar-refractivity contribution in [2.75, 3.05) is 19.6 Å². The summed E-state index contributed by atoms with van der Waals surface area (Å²) in [6.07, 6.45) is 2.07. The van der Waals surface area contributed by atoms with Gasteiger partial charge >= 0.3 is 0 Å². The van der Waals surface area contributed by atoms with E-state index in [4.69, 9.17) is 11.6 Å². The zero-order valence-corrected chi connectivity index (χ0v) is 15.3. The third-order valence-electron chi connectivity index (χ3n) is 3.56. The van der Waals surface area contributed by atoms with E-state index in [1.807, 2.05) is 6.92 Å². The first-order valence-corrected chi connectivity index (χ1v) is 8.63. The van der Waals surface area contributed by atoms with E-state index in [9.17, 15) is 4.79 Å². The third-order valence-corrected chi connectivity index (χ3v) is 4.45. The summed E-state index contributed by atoms with van der Waals surface area (Å²) in [5, 5.41) is 3.65. The van der Waals surface area contributed by atoms with Crippen LogP contribution < -0.4 is 5.32 Å². The lowest BCUT2D eigenvalue weighted by atomic mass is 10.1. The predicted octanol–water partition coefficient (Wildman–Crippen LogP) is 4.34. The predicted molar refractivity (Wildman–Crippen MR) is 93.1 cm³/mol. The van der Waals surface area contributed by atoms with Crippen molar-refractivity contribution in [2.24, 2.45) is 0 Å². The molecule has 0 bridgehead atoms. The SMILES string of the molecule is CCN(CC)CCCC(C)NC(=O)c1ccc(Cl)cc1Br. The molecule has 0 heterocycles. The summed E-state index contributed by atoms with van der Waals surface area (Å²) < 4.78 is 0.725. The van der Waals surface area contributed by atoms with Gasteiger partial charge in [0.15, 0.2) is 0 Å². The maximum absolute atomic E-state index is 12.2. The van der Waals surface area contributed by atoms with Crippen molar-refractivity contribution in [3.05, 3.63) is 33.3 Å². The third kappa shape index (κ3) is 6.37. The highest BCUT2D eigenvalue weighted by molar-refractivity contribution is 9.10. The van der Waals surface area contributed by atoms with Gasteiger partial charge in [0.2, 0.25) is 0 Å². The van der Waals surface area contributed by atoms with E-state index in [1.165, 1.54) is 0 Å². The van der Waals surface area contributed by atoms with Gasteiger partial charge in [-0.15, -0.1) is 0 Å². The Hall–Kier alpha value is -0.580. The van der Waals surface area contributed by atoms with Gasteiger partial charge in [0.25, 0.3) is 5.91 Å². The van der Waals surface area contributed by atoms with E-state index in [2.05, 4.69) is 40.0 Å². The molecular formula is C16H24BrClN2O. The van der Waals surface area contributed by atoms with Crippen molar-refractivity contribution < 1.29 is 4.79 Å². The first kappa shape index (κ1) is 18.5. The molecule has 0 saturated carbocycles. The number of nitrogens with zero attached hydrogens (tertiary/aromatic N) is 1. The number of rotatable bonds is 8. The summed E-state index contributed by atoms with van der Waals surface area (Å²) in [6.45, 7) is 9.63. The molecule has 1 aromatic rings. The van der Waals surface area contributed by atoms with Gasteiger partial charge in [-0.05, 0) is 73.5 Å². The van der Waals surface area contributed by atoms with Crippen LogP contribution in [0.15, 0.2) is 22.7 Å². The second-order valence-corrected chi connectivity index (χ2v) is 6.46. The van der Waals surface area contributed by atoms with Crippen LogP contribution in [0.4, 0.5) is 0 Å². The first-order chi connectivity index (χ1) is 9.97. The van der Waals surface area contributed by atoms with Crippen LogP contribution in [0.5, 0.6) is 0 Å². The number of hydrogen-bond acceptors (Lipinski definition) is 2. The van der Waals surface area contributed by atoms with E-state index in [-0.39, 0.29) is 11.9 Å². The molecule has 3 nitrogen and oxygen atoms in total. The molecule has 1 atom stereocenters. The highest BCUT2D eigenvalue weighted by atomic mass is 79.9. The van der Waals surface area contributed by atoms with Gasteiger partial charge in [-0.3, -0.25) is 4.79 Å². The first-order valence-electron chi connectivity index (χ1n) is 7.46. The van der Waals surface area contributed by atoms with Crippen LogP contribution in [-0.2, 0) is 0 Å². The number of nitrogens with one attached hydrogen (secondary N) is 1. The number of amides is 1. The average Bonchev–Trinajstić information content (AvgIpc) is 2.43. The molecule has 21 heavy (non-hydrogen) atoms. The van der Waals surface area contributed by atoms with E-state index >= 15 is 0 Å². The Morgan fingerprint density at radius 2 is 2.05 bits per heavy atom. The normalized spacial score (nSPS) is 12.5. The van der Waals surface area contributed by atoms with Gasteiger partial charge < -0.3 is 10.2 Å². The highest BCUT2D eigenvalue weighted by Gasteiger charge is 2.13. The summed E-state index contributed by atoms with van der Waals surface area (Å²) in [7, 11) is 0. The molecule has 1 aromatic carbocycles. The average molecular weight is 376 g/mol. The summed E-state index contributed by atoms with van der Waals surface area (Å²) >= 11 is 9.26. The zero-order valence-electron chi connectivity index (χ0n) is 13.0. The largest absolute Gasteiger partial charge is 0.350 e. The lowest BCUT2D eigenvalue weighted by Gasteiger charge is -2.20. The fourth-order valence-corrected chi connectivity index (χ4v) is 3.07. The molecule has 0 aromatic heterocycles. The zero-order chi connectivity index (χ0) is 15.8. The molecule has 1 amide bonds. The standard InChI is InChI=1S/C16H24BrClN2O/c1-4-20(5-2)10-6-7-12(3)19-16(21)14-9-8-13(18)11-15(14)17/h8-9,11-12H,4-7,10H2,1-3H3,(H,19,21). The van der Waals surface area contributed by atoms with Crippen LogP contribution in [0.3, 0.4) is 0 Å². The maximum Gasteiger partial charge on any atom is 0.252 e. The summed E-state index contributed by atoms with van der Waals surface area (Å²) in [5.74, 6) is -0.0612. The molecule has 0 aliphatic heterocycles. The molecule has 0 spiro atoms. The fraction of sp³-hybridized carbons (Fsp3) is 0.562. The van der Waals surface area contributed by atoms with Crippen LogP contribution in [0.25, 0.3) is 0 Å². The Balaban J connectivity index is 2.43. The van der Waals surface area contributed by atoms with Crippen LogP contribution in [0.1, 0.15) is 44.0 Å². The van der Waals surface area contributed by atoms with Crippen LogP contribution >= 0.6 is 27.5 Å². The lowest BCUT2D eigenvalue weighted by molar-refractivity contribution is 0.0936. The van der Waals surface area contributed by atoms with E-state index in [1.54, 1.807) is 18.2 Å². The molecule has 1 unspecified atom stereocenters. The summed E-state index contributed by atoms with van der Waals surface area (Å²) in [5.41, 5.74) is 0.620. The molecule has 0 fully saturated rings. The molecule has 5 heteroatoms. The second-order valence-electron chi connectivity index (χ2n) is 5.17. The Bertz CT molecular complexity index is 464. The van der Waals surface area contributed by atoms with Gasteiger partial charge in [-0.25, -0.2) is 0 Å².